The van der Waals surface area contributed by atoms with E-state index in [1.165, 1.54) is 9.80 Å². The highest BCUT2D eigenvalue weighted by molar-refractivity contribution is 9.14. The van der Waals surface area contributed by atoms with Crippen molar-refractivity contribution in [2.75, 3.05) is 9.80 Å². The van der Waals surface area contributed by atoms with Gasteiger partial charge in [0.1, 0.15) is 0 Å². The van der Waals surface area contributed by atoms with Crippen molar-refractivity contribution in [2.45, 2.75) is 79.1 Å². The van der Waals surface area contributed by atoms with Gasteiger partial charge in [-0.1, -0.05) is 91.8 Å². The zero-order valence-electron chi connectivity index (χ0n) is 34.3. The second kappa shape index (κ2) is 15.8. The second-order valence-corrected chi connectivity index (χ2v) is 23.4. The van der Waals surface area contributed by atoms with Crippen LogP contribution in [0.1, 0.15) is 143 Å². The summed E-state index contributed by atoms with van der Waals surface area (Å²) in [6, 6.07) is 11.9. The molecular formula is C48H34Br8N2O4. The van der Waals surface area contributed by atoms with Gasteiger partial charge in [0.2, 0.25) is 0 Å². The van der Waals surface area contributed by atoms with Crippen molar-refractivity contribution in [3.05, 3.63) is 117 Å². The second-order valence-electron chi connectivity index (χ2n) is 17.1. The third kappa shape index (κ3) is 5.94. The van der Waals surface area contributed by atoms with Crippen LogP contribution in [0.2, 0.25) is 0 Å². The molecule has 0 saturated heterocycles. The van der Waals surface area contributed by atoms with E-state index in [-0.39, 0.29) is 23.7 Å². The van der Waals surface area contributed by atoms with Crippen LogP contribution in [0, 0.1) is 0 Å². The van der Waals surface area contributed by atoms with E-state index < -0.39 is 23.6 Å². The van der Waals surface area contributed by atoms with Gasteiger partial charge in [0.05, 0.1) is 33.6 Å². The number of hydrogen-bond donors (Lipinski definition) is 0. The summed E-state index contributed by atoms with van der Waals surface area (Å²) in [5.41, 5.74) is 6.09. The van der Waals surface area contributed by atoms with Crippen LogP contribution in [0.25, 0.3) is 43.1 Å². The molecule has 2 aliphatic rings. The molecule has 14 heteroatoms. The summed E-state index contributed by atoms with van der Waals surface area (Å²) in [4.78, 5) is 64.1. The van der Waals surface area contributed by atoms with Gasteiger partial charge >= 0.3 is 0 Å². The van der Waals surface area contributed by atoms with E-state index in [1.54, 1.807) is 0 Å². The molecular weight excluding hydrogens is 1310 g/mol. The first-order chi connectivity index (χ1) is 29.2. The Balaban J connectivity index is 1.46. The first-order valence-corrected chi connectivity index (χ1v) is 26.3. The predicted molar refractivity (Wildman–Crippen MR) is 281 cm³/mol. The third-order valence-electron chi connectivity index (χ3n) is 12.3. The van der Waals surface area contributed by atoms with Crippen molar-refractivity contribution in [2.24, 2.45) is 0 Å². The van der Waals surface area contributed by atoms with Crippen molar-refractivity contribution in [1.82, 2.24) is 0 Å². The fourth-order valence-electron chi connectivity index (χ4n) is 9.58. The lowest BCUT2D eigenvalue weighted by atomic mass is 9.81. The smallest absolute Gasteiger partial charge is 0.267 e. The molecule has 0 unspecified atom stereocenters. The standard InChI is InChI=1S/C48H34Br8N2O4/c1-15(2)19-11-9-12-20(16(3)4)43(19)57-45(59)31-25-23-27(35(49)39(31)53)29-24-26-33(41(55)37(29)51)47(61)58(44-21(17(5)6)13-10-14-22(44)18(7)8)48(62)34(26)42(56)38(52)30(24)28(23)36(50)40(54)32(25)46(57)60/h9-18H,1-8H3. The minimum Gasteiger partial charge on any atom is -0.268 e. The van der Waals surface area contributed by atoms with Crippen LogP contribution < -0.4 is 9.80 Å². The van der Waals surface area contributed by atoms with Crippen LogP contribution >= 0.6 is 127 Å². The van der Waals surface area contributed by atoms with E-state index in [1.807, 2.05) is 36.4 Å². The molecule has 0 atom stereocenters. The Morgan fingerprint density at radius 2 is 0.532 bits per heavy atom. The Labute approximate surface area is 425 Å². The summed E-state index contributed by atoms with van der Waals surface area (Å²) in [7, 11) is 0. The van der Waals surface area contributed by atoms with E-state index in [4.69, 9.17) is 0 Å². The zero-order valence-corrected chi connectivity index (χ0v) is 47.0. The number of halogens is 8. The Kier molecular flexibility index (Phi) is 11.5. The lowest BCUT2D eigenvalue weighted by molar-refractivity contribution is 0.0876. The third-order valence-corrected chi connectivity index (χ3v) is 20.8. The molecule has 0 N–H and O–H groups in total. The Hall–Kier alpha value is -2.04. The summed E-state index contributed by atoms with van der Waals surface area (Å²) in [5, 5.41) is 5.00. The van der Waals surface area contributed by atoms with Crippen LogP contribution in [0.15, 0.2) is 72.2 Å². The predicted octanol–water partition coefficient (Wildman–Crippen LogP) is 17.9. The lowest BCUT2D eigenvalue weighted by Gasteiger charge is -2.36. The van der Waals surface area contributed by atoms with Gasteiger partial charge in [0.25, 0.3) is 23.6 Å². The van der Waals surface area contributed by atoms with Gasteiger partial charge in [-0.25, -0.2) is 9.80 Å². The minimum atomic E-state index is -0.452. The molecule has 7 aromatic carbocycles. The number of rotatable bonds is 6. The van der Waals surface area contributed by atoms with Gasteiger partial charge in [0, 0.05) is 78.9 Å². The molecule has 0 spiro atoms. The maximum atomic E-state index is 15.3. The Morgan fingerprint density at radius 3 is 0.726 bits per heavy atom. The molecule has 7 aromatic rings. The normalized spacial score (nSPS) is 14.5. The maximum absolute atomic E-state index is 15.3. The first-order valence-electron chi connectivity index (χ1n) is 19.9. The van der Waals surface area contributed by atoms with Gasteiger partial charge in [0.15, 0.2) is 0 Å². The average molecular weight is 1340 g/mol. The Morgan fingerprint density at radius 1 is 0.323 bits per heavy atom. The van der Waals surface area contributed by atoms with Crippen LogP contribution in [0.5, 0.6) is 0 Å². The molecule has 0 fully saturated rings. The molecule has 0 radical (unpaired) electrons. The van der Waals surface area contributed by atoms with Crippen LogP contribution in [-0.2, 0) is 0 Å². The monoisotopic (exact) mass is 1330 g/mol. The summed E-state index contributed by atoms with van der Waals surface area (Å²) in [6.07, 6.45) is 0. The summed E-state index contributed by atoms with van der Waals surface area (Å²) >= 11 is 31.4. The molecule has 0 saturated carbocycles. The minimum absolute atomic E-state index is 0.0182. The van der Waals surface area contributed by atoms with E-state index in [0.717, 1.165) is 22.3 Å². The fourth-order valence-corrected chi connectivity index (χ4v) is 14.2. The Bertz CT molecular complexity index is 2870. The lowest BCUT2D eigenvalue weighted by Crippen LogP contribution is -2.42. The van der Waals surface area contributed by atoms with E-state index in [0.29, 0.717) is 113 Å². The quantitative estimate of drug-likeness (QED) is 0.0945. The maximum Gasteiger partial charge on any atom is 0.267 e. The van der Waals surface area contributed by atoms with Gasteiger partial charge in [-0.05, 0) is 173 Å². The zero-order chi connectivity index (χ0) is 45.0. The highest BCUT2D eigenvalue weighted by Gasteiger charge is 2.46. The van der Waals surface area contributed by atoms with Gasteiger partial charge in [-0.2, -0.15) is 0 Å². The summed E-state index contributed by atoms with van der Waals surface area (Å²) in [6.45, 7) is 16.5. The largest absolute Gasteiger partial charge is 0.268 e. The molecule has 0 bridgehead atoms. The van der Waals surface area contributed by atoms with Crippen molar-refractivity contribution >= 4 is 206 Å². The number of benzene rings is 7. The molecule has 316 valence electrons. The number of hydrogen-bond acceptors (Lipinski definition) is 4. The van der Waals surface area contributed by atoms with Crippen molar-refractivity contribution in [3.8, 4) is 0 Å². The van der Waals surface area contributed by atoms with Crippen LogP contribution in [0.3, 0.4) is 0 Å². The van der Waals surface area contributed by atoms with Gasteiger partial charge in [-0.15, -0.1) is 0 Å². The topological polar surface area (TPSA) is 74.8 Å². The number of carbonyl (C=O) groups is 4. The summed E-state index contributed by atoms with van der Waals surface area (Å²) < 4.78 is 4.15. The van der Waals surface area contributed by atoms with E-state index in [2.05, 4.69) is 183 Å². The molecule has 4 amide bonds. The number of amides is 4. The molecule has 0 aromatic heterocycles. The van der Waals surface area contributed by atoms with Crippen molar-refractivity contribution in [3.63, 3.8) is 0 Å². The van der Waals surface area contributed by atoms with Crippen molar-refractivity contribution < 1.29 is 19.2 Å². The number of carbonyl (C=O) groups excluding carboxylic acids is 4. The molecule has 62 heavy (non-hydrogen) atoms. The van der Waals surface area contributed by atoms with Gasteiger partial charge < -0.3 is 0 Å². The highest BCUT2D eigenvalue weighted by atomic mass is 79.9. The number of para-hydroxylation sites is 2. The van der Waals surface area contributed by atoms with Crippen LogP contribution in [0.4, 0.5) is 11.4 Å². The van der Waals surface area contributed by atoms with E-state index in [9.17, 15) is 0 Å². The first kappa shape index (κ1) is 45.1. The fraction of sp³-hybridized carbons (Fsp3) is 0.250. The number of imide groups is 2. The molecule has 2 heterocycles. The van der Waals surface area contributed by atoms with Crippen molar-refractivity contribution in [1.29, 1.82) is 0 Å². The van der Waals surface area contributed by atoms with E-state index >= 15 is 19.2 Å². The number of nitrogens with zero attached hydrogens (tertiary/aromatic N) is 2. The summed E-state index contributed by atoms with van der Waals surface area (Å²) in [5.74, 6) is -1.73. The molecule has 9 rings (SSSR count). The molecule has 0 aliphatic carbocycles. The van der Waals surface area contributed by atoms with Gasteiger partial charge in [-0.3, -0.25) is 19.2 Å². The molecule has 2 aliphatic heterocycles. The number of anilines is 2. The van der Waals surface area contributed by atoms with Crippen LogP contribution in [-0.4, -0.2) is 23.6 Å². The highest BCUT2D eigenvalue weighted by Crippen LogP contribution is 2.60. The molecule has 6 nitrogen and oxygen atoms in total. The SMILES string of the molecule is CC(C)c1cccc(C(C)C)c1N1C(=O)c2c(Br)c(Br)c3c4c(Br)c(Br)c5c6c(c(Br)c(Br)c(c7c(Br)c(Br)c(c2c37)C1=O)c64)C(=O)N(c1c(C(C)C)cccc1C(C)C)C5=O. The number of fused-ring (bicyclic) bond motifs is 2. The average Bonchev–Trinajstić information content (AvgIpc) is 3.21.